The number of rotatable bonds is 7. The smallest absolute Gasteiger partial charge is 0.191 e. The van der Waals surface area contributed by atoms with Gasteiger partial charge in [0.05, 0.1) is 0 Å². The molecule has 2 aromatic rings. The summed E-state index contributed by atoms with van der Waals surface area (Å²) in [5, 5.41) is 6.55. The Morgan fingerprint density at radius 2 is 1.70 bits per heavy atom. The Balaban J connectivity index is 1.41. The predicted octanol–water partition coefficient (Wildman–Crippen LogP) is 3.33. The third-order valence-electron chi connectivity index (χ3n) is 4.96. The van der Waals surface area contributed by atoms with Crippen molar-refractivity contribution in [3.8, 4) is 0 Å². The zero-order valence-corrected chi connectivity index (χ0v) is 16.0. The molecular formula is C22H29FN4. The molecule has 144 valence electrons. The summed E-state index contributed by atoms with van der Waals surface area (Å²) in [5.74, 6) is 0.573. The summed E-state index contributed by atoms with van der Waals surface area (Å²) in [4.78, 5) is 6.75. The molecule has 2 aromatic carbocycles. The summed E-state index contributed by atoms with van der Waals surface area (Å²) in [7, 11) is 1.75. The zero-order chi connectivity index (χ0) is 18.9. The van der Waals surface area contributed by atoms with Crippen LogP contribution >= 0.6 is 0 Å². The first-order chi connectivity index (χ1) is 13.2. The first kappa shape index (κ1) is 19.4. The van der Waals surface area contributed by atoms with Gasteiger partial charge in [0.25, 0.3) is 0 Å². The molecular weight excluding hydrogens is 339 g/mol. The quantitative estimate of drug-likeness (QED) is 0.582. The van der Waals surface area contributed by atoms with Crippen molar-refractivity contribution in [2.24, 2.45) is 4.99 Å². The molecule has 4 nitrogen and oxygen atoms in total. The number of hydrogen-bond acceptors (Lipinski definition) is 2. The standard InChI is InChI=1S/C22H29FN4/c1-24-22(25-13-12-20-6-2-3-7-21(20)23)26-16-18-8-10-19(11-9-18)17-27-14-4-5-15-27/h2-3,6-11H,4-5,12-17H2,1H3,(H2,24,25,26). The Labute approximate surface area is 161 Å². The topological polar surface area (TPSA) is 39.7 Å². The minimum atomic E-state index is -0.156. The molecule has 0 radical (unpaired) electrons. The second-order valence-corrected chi connectivity index (χ2v) is 6.99. The molecule has 1 aliphatic rings. The van der Waals surface area contributed by atoms with Gasteiger partial charge in [-0.1, -0.05) is 42.5 Å². The number of aliphatic imine (C=N–C) groups is 1. The molecule has 0 aliphatic carbocycles. The molecule has 0 atom stereocenters. The van der Waals surface area contributed by atoms with E-state index in [0.717, 1.165) is 12.5 Å². The van der Waals surface area contributed by atoms with E-state index >= 15 is 0 Å². The molecule has 0 saturated carbocycles. The Morgan fingerprint density at radius 3 is 2.41 bits per heavy atom. The highest BCUT2D eigenvalue weighted by atomic mass is 19.1. The lowest BCUT2D eigenvalue weighted by molar-refractivity contribution is 0.331. The normalized spacial score (nSPS) is 15.1. The van der Waals surface area contributed by atoms with Crippen molar-refractivity contribution < 1.29 is 4.39 Å². The highest BCUT2D eigenvalue weighted by Crippen LogP contribution is 2.13. The fourth-order valence-corrected chi connectivity index (χ4v) is 3.38. The molecule has 1 saturated heterocycles. The molecule has 1 fully saturated rings. The van der Waals surface area contributed by atoms with Crippen LogP contribution in [0.1, 0.15) is 29.5 Å². The van der Waals surface area contributed by atoms with Crippen molar-refractivity contribution in [3.63, 3.8) is 0 Å². The average Bonchev–Trinajstić information content (AvgIpc) is 3.20. The van der Waals surface area contributed by atoms with Crippen molar-refractivity contribution in [1.29, 1.82) is 0 Å². The fraction of sp³-hybridized carbons (Fsp3) is 0.409. The van der Waals surface area contributed by atoms with Crippen LogP contribution < -0.4 is 10.6 Å². The van der Waals surface area contributed by atoms with Crippen LogP contribution in [0.3, 0.4) is 0 Å². The van der Waals surface area contributed by atoms with Gasteiger partial charge in [-0.2, -0.15) is 0 Å². The second-order valence-electron chi connectivity index (χ2n) is 6.99. The summed E-state index contributed by atoms with van der Waals surface area (Å²) < 4.78 is 13.6. The molecule has 0 bridgehead atoms. The van der Waals surface area contributed by atoms with E-state index in [1.54, 1.807) is 13.1 Å². The van der Waals surface area contributed by atoms with Gasteiger partial charge in [0.15, 0.2) is 5.96 Å². The van der Waals surface area contributed by atoms with Crippen molar-refractivity contribution in [1.82, 2.24) is 15.5 Å². The van der Waals surface area contributed by atoms with Crippen LogP contribution in [0.25, 0.3) is 0 Å². The molecule has 3 rings (SSSR count). The van der Waals surface area contributed by atoms with Crippen LogP contribution in [0, 0.1) is 5.82 Å². The third-order valence-corrected chi connectivity index (χ3v) is 4.96. The van der Waals surface area contributed by atoms with Crippen LogP contribution in [-0.4, -0.2) is 37.5 Å². The molecule has 2 N–H and O–H groups in total. The van der Waals surface area contributed by atoms with Crippen LogP contribution in [0.15, 0.2) is 53.5 Å². The largest absolute Gasteiger partial charge is 0.356 e. The number of guanidine groups is 1. The van der Waals surface area contributed by atoms with Crippen molar-refractivity contribution >= 4 is 5.96 Å². The van der Waals surface area contributed by atoms with Gasteiger partial charge in [0.2, 0.25) is 0 Å². The second kappa shape index (κ2) is 10.1. The lowest BCUT2D eigenvalue weighted by Crippen LogP contribution is -2.37. The molecule has 1 heterocycles. The van der Waals surface area contributed by atoms with E-state index in [2.05, 4.69) is 44.8 Å². The van der Waals surface area contributed by atoms with Crippen LogP contribution in [-0.2, 0) is 19.5 Å². The lowest BCUT2D eigenvalue weighted by atomic mass is 10.1. The molecule has 1 aliphatic heterocycles. The van der Waals surface area contributed by atoms with Gasteiger partial charge in [-0.15, -0.1) is 0 Å². The van der Waals surface area contributed by atoms with Gasteiger partial charge >= 0.3 is 0 Å². The maximum Gasteiger partial charge on any atom is 0.191 e. The van der Waals surface area contributed by atoms with Gasteiger partial charge in [0, 0.05) is 26.7 Å². The van der Waals surface area contributed by atoms with Crippen LogP contribution in [0.2, 0.25) is 0 Å². The third kappa shape index (κ3) is 6.07. The number of halogens is 1. The predicted molar refractivity (Wildman–Crippen MR) is 109 cm³/mol. The molecule has 0 spiro atoms. The molecule has 0 unspecified atom stereocenters. The fourth-order valence-electron chi connectivity index (χ4n) is 3.38. The minimum absolute atomic E-state index is 0.156. The molecule has 0 amide bonds. The van der Waals surface area contributed by atoms with E-state index in [9.17, 15) is 4.39 Å². The minimum Gasteiger partial charge on any atom is -0.356 e. The van der Waals surface area contributed by atoms with Crippen molar-refractivity contribution in [2.75, 3.05) is 26.7 Å². The first-order valence-corrected chi connectivity index (χ1v) is 9.72. The van der Waals surface area contributed by atoms with E-state index in [4.69, 9.17) is 0 Å². The molecule has 27 heavy (non-hydrogen) atoms. The van der Waals surface area contributed by atoms with E-state index < -0.39 is 0 Å². The van der Waals surface area contributed by atoms with E-state index in [-0.39, 0.29) is 5.82 Å². The van der Waals surface area contributed by atoms with Crippen LogP contribution in [0.5, 0.6) is 0 Å². The summed E-state index contributed by atoms with van der Waals surface area (Å²) in [6.45, 7) is 4.84. The Morgan fingerprint density at radius 1 is 1.00 bits per heavy atom. The lowest BCUT2D eigenvalue weighted by Gasteiger charge is -2.15. The summed E-state index contributed by atoms with van der Waals surface area (Å²) >= 11 is 0. The number of likely N-dealkylation sites (tertiary alicyclic amines) is 1. The SMILES string of the molecule is CN=C(NCCc1ccccc1F)NCc1ccc(CN2CCCC2)cc1. The number of benzene rings is 2. The zero-order valence-electron chi connectivity index (χ0n) is 16.0. The number of nitrogens with one attached hydrogen (secondary N) is 2. The van der Waals surface area contributed by atoms with Crippen molar-refractivity contribution in [2.45, 2.75) is 32.4 Å². The Bertz CT molecular complexity index is 736. The van der Waals surface area contributed by atoms with E-state index in [1.807, 2.05) is 12.1 Å². The maximum absolute atomic E-state index is 13.6. The molecule has 5 heteroatoms. The summed E-state index contributed by atoms with van der Waals surface area (Å²) in [6.07, 6.45) is 3.27. The van der Waals surface area contributed by atoms with E-state index in [0.29, 0.717) is 25.1 Å². The molecule has 0 aromatic heterocycles. The Hall–Kier alpha value is -2.40. The average molecular weight is 369 g/mol. The van der Waals surface area contributed by atoms with Gasteiger partial charge in [-0.3, -0.25) is 9.89 Å². The van der Waals surface area contributed by atoms with Gasteiger partial charge < -0.3 is 10.6 Å². The van der Waals surface area contributed by atoms with Crippen molar-refractivity contribution in [3.05, 3.63) is 71.0 Å². The highest BCUT2D eigenvalue weighted by molar-refractivity contribution is 5.79. The maximum atomic E-state index is 13.6. The monoisotopic (exact) mass is 368 g/mol. The van der Waals surface area contributed by atoms with Gasteiger partial charge in [-0.25, -0.2) is 4.39 Å². The summed E-state index contributed by atoms with van der Waals surface area (Å²) in [5.41, 5.74) is 3.30. The number of hydrogen-bond donors (Lipinski definition) is 2. The Kier molecular flexibility index (Phi) is 7.22. The number of nitrogens with zero attached hydrogens (tertiary/aromatic N) is 2. The highest BCUT2D eigenvalue weighted by Gasteiger charge is 2.11. The van der Waals surface area contributed by atoms with Gasteiger partial charge in [-0.05, 0) is 55.1 Å². The van der Waals surface area contributed by atoms with Crippen LogP contribution in [0.4, 0.5) is 4.39 Å². The van der Waals surface area contributed by atoms with E-state index in [1.165, 1.54) is 43.1 Å². The van der Waals surface area contributed by atoms with Gasteiger partial charge in [0.1, 0.15) is 5.82 Å². The first-order valence-electron chi connectivity index (χ1n) is 9.72. The summed E-state index contributed by atoms with van der Waals surface area (Å²) in [6, 6.07) is 15.7.